The number of nitrogens with one attached hydrogen (secondary N) is 1. The van der Waals surface area contributed by atoms with Crippen LogP contribution in [0.4, 0.5) is 0 Å². The van der Waals surface area contributed by atoms with Gasteiger partial charge in [0, 0.05) is 18.2 Å². The summed E-state index contributed by atoms with van der Waals surface area (Å²) < 4.78 is 11.4. The second-order valence-electron chi connectivity index (χ2n) is 5.29. The van der Waals surface area contributed by atoms with E-state index >= 15 is 0 Å². The Labute approximate surface area is 134 Å². The van der Waals surface area contributed by atoms with E-state index in [9.17, 15) is 0 Å². The maximum atomic E-state index is 6.09. The summed E-state index contributed by atoms with van der Waals surface area (Å²) >= 11 is 12.0. The van der Waals surface area contributed by atoms with Gasteiger partial charge in [-0.2, -0.15) is 0 Å². The first-order chi connectivity index (χ1) is 10.1. The van der Waals surface area contributed by atoms with Crippen LogP contribution in [0.1, 0.15) is 29.9 Å². The first-order valence-electron chi connectivity index (χ1n) is 7.02. The molecule has 112 valence electrons. The van der Waals surface area contributed by atoms with Gasteiger partial charge in [-0.05, 0) is 38.0 Å². The van der Waals surface area contributed by atoms with Crippen LogP contribution in [0.3, 0.4) is 0 Å². The number of hydrogen-bond acceptors (Lipinski definition) is 3. The molecule has 0 aliphatic heterocycles. The van der Waals surface area contributed by atoms with Crippen LogP contribution in [0, 0.1) is 6.92 Å². The molecule has 0 unspecified atom stereocenters. The predicted molar refractivity (Wildman–Crippen MR) is 84.1 cm³/mol. The zero-order valence-corrected chi connectivity index (χ0v) is 13.3. The van der Waals surface area contributed by atoms with Gasteiger partial charge in [0.25, 0.3) is 0 Å². The summed E-state index contributed by atoms with van der Waals surface area (Å²) in [4.78, 5) is 0. The zero-order chi connectivity index (χ0) is 14.8. The second kappa shape index (κ2) is 6.30. The Balaban J connectivity index is 1.62. The summed E-state index contributed by atoms with van der Waals surface area (Å²) in [5.74, 6) is 2.28. The zero-order valence-electron chi connectivity index (χ0n) is 11.8. The molecule has 1 heterocycles. The van der Waals surface area contributed by atoms with Crippen molar-refractivity contribution in [1.29, 1.82) is 0 Å². The summed E-state index contributed by atoms with van der Waals surface area (Å²) in [6.07, 6.45) is 2.56. The van der Waals surface area contributed by atoms with Crippen molar-refractivity contribution in [2.45, 2.75) is 39.0 Å². The molecule has 1 saturated carbocycles. The highest BCUT2D eigenvalue weighted by Gasteiger charge is 2.21. The van der Waals surface area contributed by atoms with Gasteiger partial charge in [-0.15, -0.1) is 0 Å². The van der Waals surface area contributed by atoms with E-state index in [2.05, 4.69) is 5.32 Å². The first kappa shape index (κ1) is 14.8. The highest BCUT2D eigenvalue weighted by atomic mass is 35.5. The van der Waals surface area contributed by atoms with E-state index in [4.69, 9.17) is 32.4 Å². The lowest BCUT2D eigenvalue weighted by atomic mass is 10.2. The highest BCUT2D eigenvalue weighted by molar-refractivity contribution is 6.42. The lowest BCUT2D eigenvalue weighted by molar-refractivity contribution is 0.267. The Morgan fingerprint density at radius 2 is 2.14 bits per heavy atom. The molecule has 1 aromatic heterocycles. The van der Waals surface area contributed by atoms with Crippen LogP contribution in [0.2, 0.25) is 10.0 Å². The fourth-order valence-electron chi connectivity index (χ4n) is 2.12. The number of halogens is 2. The average Bonchev–Trinajstić information content (AvgIpc) is 3.22. The Kier molecular flexibility index (Phi) is 4.43. The average molecular weight is 326 g/mol. The Morgan fingerprint density at radius 1 is 1.33 bits per heavy atom. The third kappa shape index (κ3) is 3.73. The van der Waals surface area contributed by atoms with E-state index in [0.717, 1.165) is 18.1 Å². The van der Waals surface area contributed by atoms with Crippen molar-refractivity contribution in [3.63, 3.8) is 0 Å². The van der Waals surface area contributed by atoms with Gasteiger partial charge < -0.3 is 14.5 Å². The molecule has 1 aliphatic carbocycles. The third-order valence-electron chi connectivity index (χ3n) is 3.52. The molecule has 0 amide bonds. The van der Waals surface area contributed by atoms with Crippen LogP contribution in [0.25, 0.3) is 0 Å². The van der Waals surface area contributed by atoms with Crippen molar-refractivity contribution < 1.29 is 9.15 Å². The normalized spacial score (nSPS) is 14.4. The molecular formula is C16H17Cl2NO2. The van der Waals surface area contributed by atoms with Crippen molar-refractivity contribution in [2.75, 3.05) is 0 Å². The molecule has 1 N–H and O–H groups in total. The fraction of sp³-hybridized carbons (Fsp3) is 0.375. The number of ether oxygens (including phenoxy) is 1. The van der Waals surface area contributed by atoms with Crippen LogP contribution in [0.15, 0.2) is 28.7 Å². The molecule has 21 heavy (non-hydrogen) atoms. The van der Waals surface area contributed by atoms with Gasteiger partial charge in [0.2, 0.25) is 0 Å². The molecule has 1 aliphatic rings. The number of benzene rings is 1. The van der Waals surface area contributed by atoms with Crippen LogP contribution in [0.5, 0.6) is 5.75 Å². The number of rotatable bonds is 6. The van der Waals surface area contributed by atoms with Gasteiger partial charge in [-0.1, -0.05) is 29.3 Å². The van der Waals surface area contributed by atoms with Crippen LogP contribution in [-0.4, -0.2) is 6.04 Å². The van der Waals surface area contributed by atoms with Gasteiger partial charge in [0.1, 0.15) is 28.9 Å². The van der Waals surface area contributed by atoms with Crippen molar-refractivity contribution in [2.24, 2.45) is 0 Å². The quantitative estimate of drug-likeness (QED) is 0.834. The lowest BCUT2D eigenvalue weighted by Gasteiger charge is -2.06. The van der Waals surface area contributed by atoms with Crippen molar-refractivity contribution in [1.82, 2.24) is 5.32 Å². The molecule has 2 aromatic rings. The van der Waals surface area contributed by atoms with Crippen molar-refractivity contribution in [3.05, 3.63) is 51.4 Å². The topological polar surface area (TPSA) is 34.4 Å². The van der Waals surface area contributed by atoms with E-state index in [-0.39, 0.29) is 0 Å². The van der Waals surface area contributed by atoms with Gasteiger partial charge in [0.05, 0.1) is 5.02 Å². The SMILES string of the molecule is Cc1oc(COc2cccc(Cl)c2Cl)cc1CNC1CC1. The summed E-state index contributed by atoms with van der Waals surface area (Å²) in [7, 11) is 0. The summed E-state index contributed by atoms with van der Waals surface area (Å²) in [5, 5.41) is 4.39. The molecule has 0 bridgehead atoms. The van der Waals surface area contributed by atoms with Gasteiger partial charge in [-0.3, -0.25) is 0 Å². The van der Waals surface area contributed by atoms with Crippen LogP contribution < -0.4 is 10.1 Å². The number of furan rings is 1. The maximum absolute atomic E-state index is 6.09. The number of hydrogen-bond donors (Lipinski definition) is 1. The van der Waals surface area contributed by atoms with Crippen LogP contribution >= 0.6 is 23.2 Å². The van der Waals surface area contributed by atoms with E-state index in [1.165, 1.54) is 18.4 Å². The molecule has 1 fully saturated rings. The van der Waals surface area contributed by atoms with E-state index in [1.54, 1.807) is 12.1 Å². The van der Waals surface area contributed by atoms with Crippen molar-refractivity contribution in [3.8, 4) is 5.75 Å². The standard InChI is InChI=1S/C16H17Cl2NO2/c1-10-11(8-19-12-5-6-12)7-13(21-10)9-20-15-4-2-3-14(17)16(15)18/h2-4,7,12,19H,5-6,8-9H2,1H3. The maximum Gasteiger partial charge on any atom is 0.146 e. The smallest absolute Gasteiger partial charge is 0.146 e. The Morgan fingerprint density at radius 3 is 2.90 bits per heavy atom. The predicted octanol–water partition coefficient (Wildman–Crippen LogP) is 4.73. The van der Waals surface area contributed by atoms with E-state index in [1.807, 2.05) is 19.1 Å². The molecule has 5 heteroatoms. The van der Waals surface area contributed by atoms with Gasteiger partial charge >= 0.3 is 0 Å². The summed E-state index contributed by atoms with van der Waals surface area (Å²) in [6.45, 7) is 3.15. The Hall–Kier alpha value is -1.16. The summed E-state index contributed by atoms with van der Waals surface area (Å²) in [5.41, 5.74) is 1.18. The molecule has 3 rings (SSSR count). The van der Waals surface area contributed by atoms with Gasteiger partial charge in [-0.25, -0.2) is 0 Å². The molecule has 3 nitrogen and oxygen atoms in total. The minimum Gasteiger partial charge on any atom is -0.484 e. The van der Waals surface area contributed by atoms with Crippen molar-refractivity contribution >= 4 is 23.2 Å². The minimum atomic E-state index is 0.338. The third-order valence-corrected chi connectivity index (χ3v) is 4.32. The molecule has 0 saturated heterocycles. The fourth-order valence-corrected chi connectivity index (χ4v) is 2.47. The van der Waals surface area contributed by atoms with Crippen LogP contribution in [-0.2, 0) is 13.2 Å². The summed E-state index contributed by atoms with van der Waals surface area (Å²) in [6, 6.07) is 8.05. The molecule has 1 aromatic carbocycles. The first-order valence-corrected chi connectivity index (χ1v) is 7.77. The minimum absolute atomic E-state index is 0.338. The largest absolute Gasteiger partial charge is 0.484 e. The lowest BCUT2D eigenvalue weighted by Crippen LogP contribution is -2.15. The van der Waals surface area contributed by atoms with Gasteiger partial charge in [0.15, 0.2) is 0 Å². The van der Waals surface area contributed by atoms with E-state index < -0.39 is 0 Å². The van der Waals surface area contributed by atoms with E-state index in [0.29, 0.717) is 28.4 Å². The molecule has 0 spiro atoms. The Bertz CT molecular complexity index is 635. The highest BCUT2D eigenvalue weighted by Crippen LogP contribution is 2.32. The molecule has 0 atom stereocenters. The molecule has 0 radical (unpaired) electrons. The second-order valence-corrected chi connectivity index (χ2v) is 6.08. The number of aryl methyl sites for hydroxylation is 1. The molecular weight excluding hydrogens is 309 g/mol. The monoisotopic (exact) mass is 325 g/mol.